The summed E-state index contributed by atoms with van der Waals surface area (Å²) in [5.74, 6) is 0.558. The average Bonchev–Trinajstić information content (AvgIpc) is 2.87. The van der Waals surface area contributed by atoms with Crippen molar-refractivity contribution in [3.05, 3.63) is 11.7 Å². The molecule has 1 aromatic rings. The molecule has 118 valence electrons. The molecule has 21 heavy (non-hydrogen) atoms. The zero-order valence-electron chi connectivity index (χ0n) is 13.3. The van der Waals surface area contributed by atoms with Gasteiger partial charge in [-0.25, -0.2) is 0 Å². The number of rotatable bonds is 4. The van der Waals surface area contributed by atoms with Crippen molar-refractivity contribution in [2.75, 3.05) is 13.1 Å². The third kappa shape index (κ3) is 3.43. The number of hydrogen-bond acceptors (Lipinski definition) is 5. The van der Waals surface area contributed by atoms with E-state index in [0.717, 1.165) is 19.4 Å². The second-order valence-electron chi connectivity index (χ2n) is 7.01. The fourth-order valence-electron chi connectivity index (χ4n) is 2.79. The first kappa shape index (κ1) is 15.9. The van der Waals surface area contributed by atoms with Gasteiger partial charge in [-0.15, -0.1) is 0 Å². The van der Waals surface area contributed by atoms with Crippen molar-refractivity contribution in [1.29, 1.82) is 0 Å². The van der Waals surface area contributed by atoms with Gasteiger partial charge in [0.25, 0.3) is 0 Å². The zero-order chi connectivity index (χ0) is 15.7. The minimum atomic E-state index is -0.699. The summed E-state index contributed by atoms with van der Waals surface area (Å²) >= 11 is 0. The van der Waals surface area contributed by atoms with Crippen LogP contribution >= 0.6 is 0 Å². The molecule has 0 bridgehead atoms. The number of carboxylic acid groups (broad SMARTS) is 1. The van der Waals surface area contributed by atoms with Gasteiger partial charge in [0.05, 0.1) is 12.0 Å². The molecule has 0 aromatic carbocycles. The highest BCUT2D eigenvalue weighted by Crippen LogP contribution is 2.34. The average molecular weight is 295 g/mol. The maximum absolute atomic E-state index is 11.6. The van der Waals surface area contributed by atoms with Crippen molar-refractivity contribution in [1.82, 2.24) is 15.0 Å². The number of aliphatic carboxylic acids is 1. The van der Waals surface area contributed by atoms with Crippen LogP contribution in [0.4, 0.5) is 0 Å². The van der Waals surface area contributed by atoms with Gasteiger partial charge < -0.3 is 9.63 Å². The highest BCUT2D eigenvalue weighted by atomic mass is 16.5. The van der Waals surface area contributed by atoms with Gasteiger partial charge in [0.1, 0.15) is 0 Å². The molecule has 1 saturated heterocycles. The van der Waals surface area contributed by atoms with Gasteiger partial charge in [-0.3, -0.25) is 9.69 Å². The van der Waals surface area contributed by atoms with Gasteiger partial charge in [-0.2, -0.15) is 4.98 Å². The Labute approximate surface area is 125 Å². The minimum Gasteiger partial charge on any atom is -0.481 e. The molecule has 2 rings (SSSR count). The maximum atomic E-state index is 11.6. The zero-order valence-corrected chi connectivity index (χ0v) is 13.3. The van der Waals surface area contributed by atoms with Crippen molar-refractivity contribution in [3.8, 4) is 0 Å². The van der Waals surface area contributed by atoms with Crippen LogP contribution in [0.1, 0.15) is 58.7 Å². The molecule has 1 aliphatic heterocycles. The fourth-order valence-corrected chi connectivity index (χ4v) is 2.79. The molecule has 0 amide bonds. The Balaban J connectivity index is 2.06. The molecule has 1 unspecified atom stereocenters. The largest absolute Gasteiger partial charge is 0.481 e. The van der Waals surface area contributed by atoms with E-state index in [4.69, 9.17) is 4.52 Å². The highest BCUT2D eigenvalue weighted by Gasteiger charge is 2.41. The van der Waals surface area contributed by atoms with Crippen LogP contribution in [0.25, 0.3) is 0 Å². The Morgan fingerprint density at radius 1 is 1.48 bits per heavy atom. The number of carboxylic acids is 1. The molecule has 0 radical (unpaired) electrons. The van der Waals surface area contributed by atoms with Crippen LogP contribution in [-0.4, -0.2) is 39.2 Å². The second-order valence-corrected chi connectivity index (χ2v) is 7.01. The summed E-state index contributed by atoms with van der Waals surface area (Å²) in [6.45, 7) is 10.0. The van der Waals surface area contributed by atoms with Gasteiger partial charge in [0, 0.05) is 12.0 Å². The summed E-state index contributed by atoms with van der Waals surface area (Å²) in [5.41, 5.74) is -0.775. The van der Waals surface area contributed by atoms with Crippen molar-refractivity contribution in [2.24, 2.45) is 5.41 Å². The molecule has 1 fully saturated rings. The molecule has 1 aliphatic rings. The Morgan fingerprint density at radius 3 is 2.71 bits per heavy atom. The van der Waals surface area contributed by atoms with Crippen molar-refractivity contribution in [2.45, 2.75) is 58.9 Å². The van der Waals surface area contributed by atoms with Crippen LogP contribution in [0.3, 0.4) is 0 Å². The van der Waals surface area contributed by atoms with E-state index in [-0.39, 0.29) is 5.41 Å². The molecule has 0 aliphatic carbocycles. The molecule has 1 N–H and O–H groups in total. The van der Waals surface area contributed by atoms with Gasteiger partial charge >= 0.3 is 5.97 Å². The summed E-state index contributed by atoms with van der Waals surface area (Å²) in [6.07, 6.45) is 2.28. The van der Waals surface area contributed by atoms with Crippen molar-refractivity contribution in [3.63, 3.8) is 0 Å². The van der Waals surface area contributed by atoms with E-state index in [2.05, 4.69) is 15.0 Å². The summed E-state index contributed by atoms with van der Waals surface area (Å²) in [5, 5.41) is 13.5. The van der Waals surface area contributed by atoms with E-state index >= 15 is 0 Å². The topological polar surface area (TPSA) is 79.5 Å². The predicted molar refractivity (Wildman–Crippen MR) is 77.9 cm³/mol. The third-order valence-electron chi connectivity index (χ3n) is 4.28. The van der Waals surface area contributed by atoms with E-state index in [1.165, 1.54) is 0 Å². The smallest absolute Gasteiger partial charge is 0.310 e. The number of carbonyl (C=O) groups is 1. The Hall–Kier alpha value is -1.43. The van der Waals surface area contributed by atoms with Crippen LogP contribution in [0.15, 0.2) is 4.52 Å². The number of hydrogen-bond donors (Lipinski definition) is 1. The molecule has 0 spiro atoms. The van der Waals surface area contributed by atoms with Gasteiger partial charge in [-0.05, 0) is 25.8 Å². The summed E-state index contributed by atoms with van der Waals surface area (Å²) in [7, 11) is 0. The standard InChI is InChI=1S/C15H25N3O3/c1-5-15(13(19)20)7-6-8-18(10-15)9-11-16-12(17-21-11)14(2,3)4/h5-10H2,1-4H3,(H,19,20). The fraction of sp³-hybridized carbons (Fsp3) is 0.800. The number of aromatic nitrogens is 2. The van der Waals surface area contributed by atoms with E-state index in [9.17, 15) is 9.90 Å². The lowest BCUT2D eigenvalue weighted by molar-refractivity contribution is -0.153. The van der Waals surface area contributed by atoms with Crippen LogP contribution in [0.5, 0.6) is 0 Å². The third-order valence-corrected chi connectivity index (χ3v) is 4.28. The molecule has 6 heteroatoms. The molecule has 1 atom stereocenters. The first-order valence-corrected chi connectivity index (χ1v) is 7.56. The van der Waals surface area contributed by atoms with Crippen LogP contribution in [0.2, 0.25) is 0 Å². The minimum absolute atomic E-state index is 0.141. The van der Waals surface area contributed by atoms with Crippen LogP contribution in [-0.2, 0) is 16.8 Å². The van der Waals surface area contributed by atoms with Crippen LogP contribution in [0, 0.1) is 5.41 Å². The lowest BCUT2D eigenvalue weighted by Crippen LogP contribution is -2.47. The molecular weight excluding hydrogens is 270 g/mol. The van der Waals surface area contributed by atoms with E-state index in [0.29, 0.717) is 31.2 Å². The maximum Gasteiger partial charge on any atom is 0.310 e. The van der Waals surface area contributed by atoms with Gasteiger partial charge in [0.15, 0.2) is 5.82 Å². The van der Waals surface area contributed by atoms with Gasteiger partial charge in [-0.1, -0.05) is 32.9 Å². The monoisotopic (exact) mass is 295 g/mol. The molecular formula is C15H25N3O3. The Kier molecular flexibility index (Phi) is 4.37. The van der Waals surface area contributed by atoms with Crippen LogP contribution < -0.4 is 0 Å². The first-order chi connectivity index (χ1) is 9.77. The van der Waals surface area contributed by atoms with E-state index in [1.54, 1.807) is 0 Å². The van der Waals surface area contributed by atoms with Crippen molar-refractivity contribution < 1.29 is 14.4 Å². The highest BCUT2D eigenvalue weighted by molar-refractivity contribution is 5.75. The lowest BCUT2D eigenvalue weighted by Gasteiger charge is -2.38. The SMILES string of the molecule is CCC1(C(=O)O)CCCN(Cc2nc(C(C)(C)C)no2)C1. The lowest BCUT2D eigenvalue weighted by atomic mass is 9.77. The number of piperidine rings is 1. The van der Waals surface area contributed by atoms with E-state index < -0.39 is 11.4 Å². The van der Waals surface area contributed by atoms with Crippen molar-refractivity contribution >= 4 is 5.97 Å². The molecule has 6 nitrogen and oxygen atoms in total. The number of likely N-dealkylation sites (tertiary alicyclic amines) is 1. The molecule has 0 saturated carbocycles. The summed E-state index contributed by atoms with van der Waals surface area (Å²) < 4.78 is 5.31. The molecule has 2 heterocycles. The summed E-state index contributed by atoms with van der Waals surface area (Å²) in [6, 6.07) is 0. The number of nitrogens with zero attached hydrogens (tertiary/aromatic N) is 3. The first-order valence-electron chi connectivity index (χ1n) is 7.56. The summed E-state index contributed by atoms with van der Waals surface area (Å²) in [4.78, 5) is 18.1. The quantitative estimate of drug-likeness (QED) is 0.919. The Bertz CT molecular complexity index is 507. The Morgan fingerprint density at radius 2 is 2.19 bits per heavy atom. The predicted octanol–water partition coefficient (Wildman–Crippen LogP) is 2.44. The second kappa shape index (κ2) is 5.75. The van der Waals surface area contributed by atoms with Gasteiger partial charge in [0.2, 0.25) is 5.89 Å². The normalized spacial score (nSPS) is 24.2. The van der Waals surface area contributed by atoms with E-state index in [1.807, 2.05) is 27.7 Å². The molecule has 1 aromatic heterocycles.